The van der Waals surface area contributed by atoms with Crippen LogP contribution in [0.25, 0.3) is 0 Å². The van der Waals surface area contributed by atoms with Crippen LogP contribution in [0.5, 0.6) is 0 Å². The molecule has 3 nitrogen and oxygen atoms in total. The fourth-order valence-electron chi connectivity index (χ4n) is 1.70. The predicted octanol–water partition coefficient (Wildman–Crippen LogP) is 3.32. The number of carbonyl (C=O) groups excluding carboxylic acids is 1. The number of hydrogen-bond donors (Lipinski definition) is 2. The third kappa shape index (κ3) is 3.31. The van der Waals surface area contributed by atoms with Crippen molar-refractivity contribution in [1.29, 1.82) is 0 Å². The van der Waals surface area contributed by atoms with Crippen LogP contribution < -0.4 is 11.1 Å². The van der Waals surface area contributed by atoms with Crippen LogP contribution >= 0.6 is 34.8 Å². The van der Waals surface area contributed by atoms with Gasteiger partial charge in [0.25, 0.3) is 5.91 Å². The molecule has 0 unspecified atom stereocenters. The second kappa shape index (κ2) is 6.27. The van der Waals surface area contributed by atoms with E-state index in [2.05, 4.69) is 27.9 Å². The third-order valence-electron chi connectivity index (χ3n) is 2.60. The number of thiocarbonyl (C=S) groups is 1. The molecule has 3 N–H and O–H groups in total. The van der Waals surface area contributed by atoms with Crippen molar-refractivity contribution in [3.63, 3.8) is 0 Å². The number of halogens is 2. The van der Waals surface area contributed by atoms with E-state index >= 15 is 0 Å². The molecule has 0 spiro atoms. The summed E-state index contributed by atoms with van der Waals surface area (Å²) in [6.07, 6.45) is 0. The maximum atomic E-state index is 13.7. The predicted molar refractivity (Wildman–Crippen MR) is 89.4 cm³/mol. The van der Waals surface area contributed by atoms with Gasteiger partial charge >= 0.3 is 0 Å². The summed E-state index contributed by atoms with van der Waals surface area (Å²) in [5.41, 5.74) is 6.28. The lowest BCUT2D eigenvalue weighted by Crippen LogP contribution is -2.19. The first-order valence-corrected chi connectivity index (χ1v) is 7.13. The number of nitrogens with one attached hydrogen (secondary N) is 1. The van der Waals surface area contributed by atoms with E-state index < -0.39 is 5.82 Å². The quantitative estimate of drug-likeness (QED) is 0.614. The van der Waals surface area contributed by atoms with E-state index in [1.165, 1.54) is 12.1 Å². The molecule has 0 aliphatic heterocycles. The summed E-state index contributed by atoms with van der Waals surface area (Å²) in [5, 5.41) is 2.63. The van der Waals surface area contributed by atoms with Gasteiger partial charge in [-0.05, 0) is 52.9 Å². The van der Waals surface area contributed by atoms with Crippen LogP contribution in [-0.2, 0) is 0 Å². The van der Waals surface area contributed by atoms with Crippen LogP contribution in [0.4, 0.5) is 10.1 Å². The van der Waals surface area contributed by atoms with Crippen molar-refractivity contribution in [3.05, 3.63) is 63.0 Å². The Balaban J connectivity index is 2.33. The summed E-state index contributed by atoms with van der Waals surface area (Å²) in [6, 6.07) is 11.4. The zero-order chi connectivity index (χ0) is 14.7. The van der Waals surface area contributed by atoms with Gasteiger partial charge in [0.1, 0.15) is 10.8 Å². The molecule has 20 heavy (non-hydrogen) atoms. The minimum atomic E-state index is -0.557. The summed E-state index contributed by atoms with van der Waals surface area (Å²) in [7, 11) is 0. The highest BCUT2D eigenvalue weighted by molar-refractivity contribution is 14.1. The SMILES string of the molecule is NC(=S)c1c(F)cccc1NC(=O)c1cccc(I)c1. The maximum absolute atomic E-state index is 13.7. The lowest BCUT2D eigenvalue weighted by Gasteiger charge is -2.11. The van der Waals surface area contributed by atoms with Gasteiger partial charge in [0.15, 0.2) is 0 Å². The summed E-state index contributed by atoms with van der Waals surface area (Å²) in [6.45, 7) is 0. The molecule has 1 amide bonds. The van der Waals surface area contributed by atoms with Crippen LogP contribution in [0.2, 0.25) is 0 Å². The van der Waals surface area contributed by atoms with Gasteiger partial charge < -0.3 is 11.1 Å². The Bertz CT molecular complexity index is 691. The van der Waals surface area contributed by atoms with Gasteiger partial charge in [-0.15, -0.1) is 0 Å². The van der Waals surface area contributed by atoms with Crippen molar-refractivity contribution in [2.75, 3.05) is 5.32 Å². The Morgan fingerprint density at radius 3 is 2.60 bits per heavy atom. The van der Waals surface area contributed by atoms with Crippen molar-refractivity contribution in [1.82, 2.24) is 0 Å². The summed E-state index contributed by atoms with van der Waals surface area (Å²) >= 11 is 6.92. The molecule has 0 radical (unpaired) electrons. The zero-order valence-electron chi connectivity index (χ0n) is 10.2. The first kappa shape index (κ1) is 14.9. The molecule has 2 rings (SSSR count). The number of rotatable bonds is 3. The van der Waals surface area contributed by atoms with E-state index in [0.29, 0.717) is 5.56 Å². The number of hydrogen-bond acceptors (Lipinski definition) is 2. The second-order valence-electron chi connectivity index (χ2n) is 3.99. The fourth-order valence-corrected chi connectivity index (χ4v) is 2.45. The molecule has 0 bridgehead atoms. The second-order valence-corrected chi connectivity index (χ2v) is 5.68. The highest BCUT2D eigenvalue weighted by atomic mass is 127. The maximum Gasteiger partial charge on any atom is 0.255 e. The van der Waals surface area contributed by atoms with E-state index in [1.807, 2.05) is 6.07 Å². The molecule has 6 heteroatoms. The molecule has 0 aromatic heterocycles. The molecular weight excluding hydrogens is 390 g/mol. The van der Waals surface area contributed by atoms with E-state index in [-0.39, 0.29) is 22.1 Å². The van der Waals surface area contributed by atoms with Crippen molar-refractivity contribution in [2.45, 2.75) is 0 Å². The van der Waals surface area contributed by atoms with Crippen molar-refractivity contribution in [2.24, 2.45) is 5.73 Å². The average Bonchev–Trinajstić information content (AvgIpc) is 2.38. The first-order chi connectivity index (χ1) is 9.49. The van der Waals surface area contributed by atoms with Crippen LogP contribution in [0.15, 0.2) is 42.5 Å². The molecule has 0 saturated carbocycles. The highest BCUT2D eigenvalue weighted by Crippen LogP contribution is 2.20. The van der Waals surface area contributed by atoms with Crippen molar-refractivity contribution in [3.8, 4) is 0 Å². The first-order valence-electron chi connectivity index (χ1n) is 5.64. The van der Waals surface area contributed by atoms with Gasteiger partial charge in [0.2, 0.25) is 0 Å². The standard InChI is InChI=1S/C14H10FIN2OS/c15-10-5-2-6-11(12(10)13(17)20)18-14(19)8-3-1-4-9(16)7-8/h1-7H,(H2,17,20)(H,18,19). The number of anilines is 1. The Morgan fingerprint density at radius 1 is 1.25 bits per heavy atom. The molecule has 0 atom stereocenters. The average molecular weight is 400 g/mol. The third-order valence-corrected chi connectivity index (χ3v) is 3.47. The topological polar surface area (TPSA) is 55.1 Å². The molecule has 0 heterocycles. The van der Waals surface area contributed by atoms with E-state index in [0.717, 1.165) is 3.57 Å². The highest BCUT2D eigenvalue weighted by Gasteiger charge is 2.14. The molecule has 2 aromatic rings. The molecule has 0 saturated heterocycles. The Kier molecular flexibility index (Phi) is 4.66. The summed E-state index contributed by atoms with van der Waals surface area (Å²) in [5.74, 6) is -0.899. The molecule has 2 aromatic carbocycles. The largest absolute Gasteiger partial charge is 0.389 e. The van der Waals surface area contributed by atoms with Crippen LogP contribution in [-0.4, -0.2) is 10.9 Å². The van der Waals surface area contributed by atoms with Crippen molar-refractivity contribution < 1.29 is 9.18 Å². The Hall–Kier alpha value is -1.54. The van der Waals surface area contributed by atoms with E-state index in [1.54, 1.807) is 24.3 Å². The number of carbonyl (C=O) groups is 1. The number of amides is 1. The van der Waals surface area contributed by atoms with Gasteiger partial charge in [0.05, 0.1) is 11.3 Å². The molecule has 0 fully saturated rings. The monoisotopic (exact) mass is 400 g/mol. The Labute approximate surface area is 134 Å². The lowest BCUT2D eigenvalue weighted by atomic mass is 10.1. The van der Waals surface area contributed by atoms with Gasteiger partial charge in [-0.25, -0.2) is 4.39 Å². The molecule has 0 aliphatic rings. The summed E-state index contributed by atoms with van der Waals surface area (Å²) in [4.78, 5) is 12.0. The molecular formula is C14H10FIN2OS. The van der Waals surface area contributed by atoms with Gasteiger partial charge in [-0.3, -0.25) is 4.79 Å². The van der Waals surface area contributed by atoms with Crippen LogP contribution in [0, 0.1) is 9.39 Å². The van der Waals surface area contributed by atoms with Gasteiger partial charge in [0, 0.05) is 9.13 Å². The van der Waals surface area contributed by atoms with E-state index in [4.69, 9.17) is 18.0 Å². The molecule has 0 aliphatic carbocycles. The number of benzene rings is 2. The van der Waals surface area contributed by atoms with Gasteiger partial charge in [-0.2, -0.15) is 0 Å². The summed E-state index contributed by atoms with van der Waals surface area (Å²) < 4.78 is 14.6. The van der Waals surface area contributed by atoms with E-state index in [9.17, 15) is 9.18 Å². The smallest absolute Gasteiger partial charge is 0.255 e. The zero-order valence-corrected chi connectivity index (χ0v) is 13.2. The Morgan fingerprint density at radius 2 is 1.95 bits per heavy atom. The minimum absolute atomic E-state index is 0.0430. The number of nitrogens with two attached hydrogens (primary N) is 1. The van der Waals surface area contributed by atoms with Gasteiger partial charge in [-0.1, -0.05) is 24.4 Å². The normalized spacial score (nSPS) is 10.1. The van der Waals surface area contributed by atoms with Crippen molar-refractivity contribution >= 4 is 51.4 Å². The minimum Gasteiger partial charge on any atom is -0.389 e. The fraction of sp³-hybridized carbons (Fsp3) is 0. The lowest BCUT2D eigenvalue weighted by molar-refractivity contribution is 0.102. The van der Waals surface area contributed by atoms with Crippen LogP contribution in [0.3, 0.4) is 0 Å². The van der Waals surface area contributed by atoms with Crippen LogP contribution in [0.1, 0.15) is 15.9 Å². The molecule has 102 valence electrons.